The molecule has 0 aromatic heterocycles. The molecule has 0 radical (unpaired) electrons. The van der Waals surface area contributed by atoms with Crippen molar-refractivity contribution in [1.82, 2.24) is 5.32 Å². The second-order valence-electron chi connectivity index (χ2n) is 3.92. The molecule has 0 amide bonds. The number of para-hydroxylation sites is 1. The molecular weight excluding hydrogens is 218 g/mol. The monoisotopic (exact) mass is 239 g/mol. The van der Waals surface area contributed by atoms with Crippen LogP contribution in [0.5, 0.6) is 5.75 Å². The van der Waals surface area contributed by atoms with Gasteiger partial charge in [0.05, 0.1) is 7.11 Å². The van der Waals surface area contributed by atoms with Gasteiger partial charge in [-0.1, -0.05) is 25.1 Å². The van der Waals surface area contributed by atoms with Gasteiger partial charge >= 0.3 is 0 Å². The molecule has 3 heteroatoms. The summed E-state index contributed by atoms with van der Waals surface area (Å²) >= 11 is 1.88. The number of benzene rings is 1. The number of thioether (sulfide) groups is 1. The maximum Gasteiger partial charge on any atom is 0.123 e. The molecule has 0 spiro atoms. The van der Waals surface area contributed by atoms with Crippen LogP contribution in [0.4, 0.5) is 0 Å². The summed E-state index contributed by atoms with van der Waals surface area (Å²) in [5.74, 6) is 0.958. The zero-order valence-corrected chi connectivity index (χ0v) is 11.3. The minimum atomic E-state index is 0.325. The Balaban J connectivity index is 2.61. The average molecular weight is 239 g/mol. The Kier molecular flexibility index (Phi) is 5.71. The number of methoxy groups -OCH3 is 1. The Morgan fingerprint density at radius 1 is 1.31 bits per heavy atom. The van der Waals surface area contributed by atoms with E-state index in [0.717, 1.165) is 12.3 Å². The summed E-state index contributed by atoms with van der Waals surface area (Å²) in [4.78, 5) is 0. The first-order chi connectivity index (χ1) is 7.69. The predicted octanol–water partition coefficient (Wildman–Crippen LogP) is 3.10. The van der Waals surface area contributed by atoms with E-state index in [-0.39, 0.29) is 0 Å². The Morgan fingerprint density at radius 2 is 2.00 bits per heavy atom. The third kappa shape index (κ3) is 3.72. The van der Waals surface area contributed by atoms with Crippen molar-refractivity contribution in [3.8, 4) is 5.75 Å². The molecule has 1 N–H and O–H groups in total. The third-order valence-corrected chi connectivity index (χ3v) is 3.69. The summed E-state index contributed by atoms with van der Waals surface area (Å²) in [5, 5.41) is 4.16. The second-order valence-corrected chi connectivity index (χ2v) is 5.19. The van der Waals surface area contributed by atoms with E-state index in [1.807, 2.05) is 30.0 Å². The first-order valence-corrected chi connectivity index (χ1v) is 6.87. The van der Waals surface area contributed by atoms with Crippen LogP contribution in [0.2, 0.25) is 0 Å². The zero-order chi connectivity index (χ0) is 12.0. The molecule has 0 aliphatic rings. The third-order valence-electron chi connectivity index (χ3n) is 2.72. The molecule has 0 fully saturated rings. The summed E-state index contributed by atoms with van der Waals surface area (Å²) in [6, 6.07) is 8.49. The molecule has 2 nitrogen and oxygen atoms in total. The van der Waals surface area contributed by atoms with Crippen molar-refractivity contribution in [2.45, 2.75) is 25.1 Å². The van der Waals surface area contributed by atoms with Crippen LogP contribution in [-0.2, 0) is 0 Å². The fourth-order valence-corrected chi connectivity index (χ4v) is 1.82. The lowest BCUT2D eigenvalue weighted by Crippen LogP contribution is -2.25. The fourth-order valence-electron chi connectivity index (χ4n) is 1.56. The maximum absolute atomic E-state index is 5.35. The summed E-state index contributed by atoms with van der Waals surface area (Å²) < 4.78 is 5.35. The van der Waals surface area contributed by atoms with Crippen LogP contribution in [0.25, 0.3) is 0 Å². The van der Waals surface area contributed by atoms with E-state index in [1.165, 1.54) is 5.56 Å². The van der Waals surface area contributed by atoms with E-state index in [2.05, 4.69) is 31.5 Å². The van der Waals surface area contributed by atoms with Crippen molar-refractivity contribution in [2.75, 3.05) is 19.9 Å². The smallest absolute Gasteiger partial charge is 0.123 e. The molecule has 0 aliphatic heterocycles. The fraction of sp³-hybridized carbons (Fsp3) is 0.538. The molecule has 0 saturated heterocycles. The van der Waals surface area contributed by atoms with Crippen molar-refractivity contribution in [2.24, 2.45) is 0 Å². The summed E-state index contributed by atoms with van der Waals surface area (Å²) in [5.41, 5.74) is 1.22. The average Bonchev–Trinajstić information content (AvgIpc) is 2.35. The molecule has 0 unspecified atom stereocenters. The van der Waals surface area contributed by atoms with Crippen molar-refractivity contribution in [1.29, 1.82) is 0 Å². The zero-order valence-electron chi connectivity index (χ0n) is 10.5. The molecule has 16 heavy (non-hydrogen) atoms. The van der Waals surface area contributed by atoms with E-state index in [4.69, 9.17) is 4.74 Å². The van der Waals surface area contributed by atoms with Gasteiger partial charge in [-0.05, 0) is 19.2 Å². The highest BCUT2D eigenvalue weighted by molar-refractivity contribution is 7.99. The molecule has 2 atom stereocenters. The SMILES string of the molecule is COc1ccccc1[C@@H](C)NC[C@@H](C)SC. The lowest BCUT2D eigenvalue weighted by molar-refractivity contribution is 0.402. The molecule has 90 valence electrons. The predicted molar refractivity (Wildman–Crippen MR) is 72.4 cm³/mol. The normalized spacial score (nSPS) is 14.5. The van der Waals surface area contributed by atoms with Crippen LogP contribution in [0, 0.1) is 0 Å². The number of nitrogens with one attached hydrogen (secondary N) is 1. The number of ether oxygens (including phenoxy) is 1. The minimum Gasteiger partial charge on any atom is -0.496 e. The van der Waals surface area contributed by atoms with Gasteiger partial charge in [0.2, 0.25) is 0 Å². The van der Waals surface area contributed by atoms with Crippen molar-refractivity contribution in [3.05, 3.63) is 29.8 Å². The Labute approximate surface area is 103 Å². The second kappa shape index (κ2) is 6.81. The van der Waals surface area contributed by atoms with Crippen LogP contribution in [-0.4, -0.2) is 25.2 Å². The minimum absolute atomic E-state index is 0.325. The van der Waals surface area contributed by atoms with Crippen LogP contribution < -0.4 is 10.1 Å². The van der Waals surface area contributed by atoms with E-state index in [0.29, 0.717) is 11.3 Å². The summed E-state index contributed by atoms with van der Waals surface area (Å²) in [7, 11) is 1.72. The van der Waals surface area contributed by atoms with Crippen molar-refractivity contribution in [3.63, 3.8) is 0 Å². The Bertz CT molecular complexity index is 317. The van der Waals surface area contributed by atoms with Crippen molar-refractivity contribution < 1.29 is 4.74 Å². The largest absolute Gasteiger partial charge is 0.496 e. The molecule has 1 rings (SSSR count). The van der Waals surface area contributed by atoms with Gasteiger partial charge in [0.15, 0.2) is 0 Å². The number of hydrogen-bond acceptors (Lipinski definition) is 3. The van der Waals surface area contributed by atoms with Crippen molar-refractivity contribution >= 4 is 11.8 Å². The summed E-state index contributed by atoms with van der Waals surface area (Å²) in [6.07, 6.45) is 2.14. The van der Waals surface area contributed by atoms with E-state index < -0.39 is 0 Å². The number of hydrogen-bond donors (Lipinski definition) is 1. The van der Waals surface area contributed by atoms with E-state index in [9.17, 15) is 0 Å². The quantitative estimate of drug-likeness (QED) is 0.824. The highest BCUT2D eigenvalue weighted by atomic mass is 32.2. The Hall–Kier alpha value is -0.670. The molecule has 1 aromatic rings. The lowest BCUT2D eigenvalue weighted by Gasteiger charge is -2.19. The van der Waals surface area contributed by atoms with Crippen LogP contribution in [0.15, 0.2) is 24.3 Å². The van der Waals surface area contributed by atoms with Gasteiger partial charge in [-0.2, -0.15) is 11.8 Å². The highest BCUT2D eigenvalue weighted by Crippen LogP contribution is 2.24. The lowest BCUT2D eigenvalue weighted by atomic mass is 10.1. The molecular formula is C13H21NOS. The van der Waals surface area contributed by atoms with E-state index >= 15 is 0 Å². The van der Waals surface area contributed by atoms with Crippen LogP contribution in [0.3, 0.4) is 0 Å². The standard InChI is InChI=1S/C13H21NOS/c1-10(16-4)9-14-11(2)12-7-5-6-8-13(12)15-3/h5-8,10-11,14H,9H2,1-4H3/t10-,11-/m1/s1. The van der Waals surface area contributed by atoms with Gasteiger partial charge in [-0.25, -0.2) is 0 Å². The highest BCUT2D eigenvalue weighted by Gasteiger charge is 2.10. The number of rotatable bonds is 6. The molecule has 0 saturated carbocycles. The molecule has 1 aromatic carbocycles. The van der Waals surface area contributed by atoms with E-state index in [1.54, 1.807) is 7.11 Å². The molecule has 0 bridgehead atoms. The summed E-state index contributed by atoms with van der Waals surface area (Å²) in [6.45, 7) is 5.41. The van der Waals surface area contributed by atoms with Gasteiger partial charge in [-0.3, -0.25) is 0 Å². The van der Waals surface area contributed by atoms with Gasteiger partial charge in [0.25, 0.3) is 0 Å². The van der Waals surface area contributed by atoms with Crippen LogP contribution in [0.1, 0.15) is 25.5 Å². The van der Waals surface area contributed by atoms with Crippen LogP contribution >= 0.6 is 11.8 Å². The van der Waals surface area contributed by atoms with Gasteiger partial charge in [0, 0.05) is 23.4 Å². The topological polar surface area (TPSA) is 21.3 Å². The first kappa shape index (κ1) is 13.4. The van der Waals surface area contributed by atoms with Gasteiger partial charge in [-0.15, -0.1) is 0 Å². The maximum atomic E-state index is 5.35. The first-order valence-electron chi connectivity index (χ1n) is 5.58. The Morgan fingerprint density at radius 3 is 2.62 bits per heavy atom. The molecule has 0 aliphatic carbocycles. The van der Waals surface area contributed by atoms with Gasteiger partial charge in [0.1, 0.15) is 5.75 Å². The molecule has 0 heterocycles. The van der Waals surface area contributed by atoms with Gasteiger partial charge < -0.3 is 10.1 Å².